The van der Waals surface area contributed by atoms with Crippen LogP contribution in [0.4, 0.5) is 11.4 Å². The second-order valence-corrected chi connectivity index (χ2v) is 11.3. The minimum atomic E-state index is -0.184. The molecule has 0 unspecified atom stereocenters. The Labute approximate surface area is 203 Å². The summed E-state index contributed by atoms with van der Waals surface area (Å²) in [6, 6.07) is 8.91. The number of methoxy groups -OCH3 is 1. The van der Waals surface area contributed by atoms with Gasteiger partial charge in [0, 0.05) is 18.2 Å². The van der Waals surface area contributed by atoms with Crippen LogP contribution in [0, 0.1) is 23.2 Å². The number of hydrogen-bond acceptors (Lipinski definition) is 5. The number of ether oxygens (including phenoxy) is 1. The summed E-state index contributed by atoms with van der Waals surface area (Å²) in [5.41, 5.74) is 1.43. The van der Waals surface area contributed by atoms with E-state index >= 15 is 0 Å². The van der Waals surface area contributed by atoms with Crippen molar-refractivity contribution in [2.24, 2.45) is 23.2 Å². The monoisotopic (exact) mass is 483 g/mol. The van der Waals surface area contributed by atoms with Gasteiger partial charge in [0.05, 0.1) is 17.7 Å². The van der Waals surface area contributed by atoms with Gasteiger partial charge in [0.25, 0.3) is 5.91 Å². The lowest BCUT2D eigenvalue weighted by atomic mass is 9.49. The van der Waals surface area contributed by atoms with E-state index in [1.54, 1.807) is 31.4 Å². The number of rotatable bonds is 6. The molecule has 4 aliphatic rings. The molecule has 0 aliphatic heterocycles. The molecule has 2 amide bonds. The summed E-state index contributed by atoms with van der Waals surface area (Å²) >= 11 is 6.78. The van der Waals surface area contributed by atoms with E-state index in [1.165, 1.54) is 49.9 Å². The molecule has 6 nitrogen and oxygen atoms in total. The van der Waals surface area contributed by atoms with Crippen LogP contribution in [0.1, 0.15) is 54.6 Å². The molecular weight excluding hydrogens is 454 g/mol. The van der Waals surface area contributed by atoms with Gasteiger partial charge in [-0.3, -0.25) is 9.59 Å². The first-order valence-corrected chi connectivity index (χ1v) is 12.8. The minimum absolute atomic E-state index is 0.00115. The summed E-state index contributed by atoms with van der Waals surface area (Å²) < 4.78 is 5.44. The number of carbonyl (C=O) groups is 2. The predicted molar refractivity (Wildman–Crippen MR) is 135 cm³/mol. The van der Waals surface area contributed by atoms with E-state index in [2.05, 4.69) is 16.0 Å². The van der Waals surface area contributed by atoms with Crippen molar-refractivity contribution >= 4 is 51.9 Å². The number of nitrogens with one attached hydrogen (secondary N) is 3. The molecule has 6 rings (SSSR count). The van der Waals surface area contributed by atoms with Crippen molar-refractivity contribution in [1.82, 2.24) is 5.32 Å². The molecule has 33 heavy (non-hydrogen) atoms. The average Bonchev–Trinajstić information content (AvgIpc) is 3.28. The van der Waals surface area contributed by atoms with Gasteiger partial charge in [0.15, 0.2) is 5.11 Å². The molecule has 2 aromatic rings. The summed E-state index contributed by atoms with van der Waals surface area (Å²) in [4.78, 5) is 25.8. The molecule has 0 saturated heterocycles. The lowest BCUT2D eigenvalue weighted by molar-refractivity contribution is -0.127. The molecule has 0 spiro atoms. The number of hydrogen-bond donors (Lipinski definition) is 3. The van der Waals surface area contributed by atoms with Crippen molar-refractivity contribution in [3.05, 3.63) is 40.6 Å². The first-order chi connectivity index (χ1) is 15.9. The molecule has 1 aromatic carbocycles. The van der Waals surface area contributed by atoms with Gasteiger partial charge in [-0.05, 0) is 97.5 Å². The van der Waals surface area contributed by atoms with Gasteiger partial charge in [-0.25, -0.2) is 0 Å². The van der Waals surface area contributed by atoms with Crippen molar-refractivity contribution in [2.45, 2.75) is 44.9 Å². The topological polar surface area (TPSA) is 79.5 Å². The van der Waals surface area contributed by atoms with E-state index < -0.39 is 0 Å². The fourth-order valence-electron chi connectivity index (χ4n) is 6.64. The van der Waals surface area contributed by atoms with E-state index in [1.807, 2.05) is 11.4 Å². The van der Waals surface area contributed by atoms with Crippen LogP contribution >= 0.6 is 23.6 Å². The maximum atomic E-state index is 12.8. The Balaban J connectivity index is 1.17. The third kappa shape index (κ3) is 4.92. The highest BCUT2D eigenvalue weighted by molar-refractivity contribution is 7.80. The minimum Gasteiger partial charge on any atom is -0.494 e. The molecule has 0 atom stereocenters. The van der Waals surface area contributed by atoms with Crippen molar-refractivity contribution in [3.8, 4) is 5.75 Å². The van der Waals surface area contributed by atoms with Crippen LogP contribution < -0.4 is 20.7 Å². The molecule has 4 aliphatic carbocycles. The second kappa shape index (κ2) is 9.06. The number of amides is 2. The fraction of sp³-hybridized carbons (Fsp3) is 0.480. The van der Waals surface area contributed by atoms with E-state index in [0.29, 0.717) is 28.4 Å². The number of carbonyl (C=O) groups excluding carboxylic acids is 2. The standard InChI is InChI=1S/C25H29N3O3S2/c1-31-20-10-18(4-5-19(20)27-23(30)21-3-2-6-33-21)26-24(32)28-22(29)14-25-11-15-7-16(12-25)9-17(8-15)13-25/h2-6,10,15-17H,7-9,11-14H2,1H3,(H,27,30)(H2,26,28,29,32). The summed E-state index contributed by atoms with van der Waals surface area (Å²) in [6.07, 6.45) is 8.26. The Morgan fingerprint density at radius 3 is 2.39 bits per heavy atom. The van der Waals surface area contributed by atoms with Crippen molar-refractivity contribution in [3.63, 3.8) is 0 Å². The maximum absolute atomic E-state index is 12.8. The van der Waals surface area contributed by atoms with Crippen molar-refractivity contribution < 1.29 is 14.3 Å². The third-order valence-corrected chi connectivity index (χ3v) is 8.48. The second-order valence-electron chi connectivity index (χ2n) is 9.94. The molecule has 3 N–H and O–H groups in total. The van der Waals surface area contributed by atoms with Gasteiger partial charge in [0.2, 0.25) is 5.91 Å². The highest BCUT2D eigenvalue weighted by atomic mass is 32.1. The fourth-order valence-corrected chi connectivity index (χ4v) is 7.49. The summed E-state index contributed by atoms with van der Waals surface area (Å²) in [5, 5.41) is 11.0. The van der Waals surface area contributed by atoms with Crippen LogP contribution in [0.25, 0.3) is 0 Å². The van der Waals surface area contributed by atoms with Gasteiger partial charge < -0.3 is 20.7 Å². The van der Waals surface area contributed by atoms with Crippen molar-refractivity contribution in [2.75, 3.05) is 17.7 Å². The predicted octanol–water partition coefficient (Wildman–Crippen LogP) is 5.43. The normalized spacial score (nSPS) is 27.1. The van der Waals surface area contributed by atoms with Gasteiger partial charge >= 0.3 is 0 Å². The zero-order chi connectivity index (χ0) is 23.0. The largest absolute Gasteiger partial charge is 0.494 e. The highest BCUT2D eigenvalue weighted by Crippen LogP contribution is 2.61. The SMILES string of the molecule is COc1cc(NC(=S)NC(=O)CC23CC4CC(CC(C4)C2)C3)ccc1NC(=O)c1cccs1. The van der Waals surface area contributed by atoms with Gasteiger partial charge in [-0.2, -0.15) is 0 Å². The molecule has 0 radical (unpaired) electrons. The molecule has 1 aromatic heterocycles. The number of benzene rings is 1. The van der Waals surface area contributed by atoms with Crippen LogP contribution in [0.3, 0.4) is 0 Å². The smallest absolute Gasteiger partial charge is 0.265 e. The Kier molecular flexibility index (Phi) is 6.14. The Morgan fingerprint density at radius 1 is 1.09 bits per heavy atom. The molecule has 4 fully saturated rings. The molecule has 1 heterocycles. The van der Waals surface area contributed by atoms with Gasteiger partial charge in [0.1, 0.15) is 5.75 Å². The van der Waals surface area contributed by atoms with E-state index in [-0.39, 0.29) is 22.3 Å². The van der Waals surface area contributed by atoms with Crippen LogP contribution in [-0.2, 0) is 4.79 Å². The summed E-state index contributed by atoms with van der Waals surface area (Å²) in [7, 11) is 1.55. The Bertz CT molecular complexity index is 1030. The van der Waals surface area contributed by atoms with Crippen LogP contribution in [0.2, 0.25) is 0 Å². The number of thiophene rings is 1. The molecule has 174 valence electrons. The Hall–Kier alpha value is -2.45. The Morgan fingerprint density at radius 2 is 1.79 bits per heavy atom. The lowest BCUT2D eigenvalue weighted by Gasteiger charge is -2.56. The average molecular weight is 484 g/mol. The summed E-state index contributed by atoms with van der Waals surface area (Å²) in [5.74, 6) is 2.78. The molecule has 4 saturated carbocycles. The lowest BCUT2D eigenvalue weighted by Crippen LogP contribution is -2.48. The maximum Gasteiger partial charge on any atom is 0.265 e. The van der Waals surface area contributed by atoms with E-state index in [4.69, 9.17) is 17.0 Å². The molecule has 4 bridgehead atoms. The van der Waals surface area contributed by atoms with Gasteiger partial charge in [-0.15, -0.1) is 11.3 Å². The van der Waals surface area contributed by atoms with E-state index in [9.17, 15) is 9.59 Å². The molecular formula is C25H29N3O3S2. The molecule has 8 heteroatoms. The highest BCUT2D eigenvalue weighted by Gasteiger charge is 2.51. The van der Waals surface area contributed by atoms with Crippen LogP contribution in [0.15, 0.2) is 35.7 Å². The number of thiocarbonyl (C=S) groups is 1. The van der Waals surface area contributed by atoms with Crippen molar-refractivity contribution in [1.29, 1.82) is 0 Å². The summed E-state index contributed by atoms with van der Waals surface area (Å²) in [6.45, 7) is 0. The zero-order valence-electron chi connectivity index (χ0n) is 18.7. The van der Waals surface area contributed by atoms with Gasteiger partial charge in [-0.1, -0.05) is 6.07 Å². The number of anilines is 2. The van der Waals surface area contributed by atoms with E-state index in [0.717, 1.165) is 17.8 Å². The van der Waals surface area contributed by atoms with Crippen LogP contribution in [0.5, 0.6) is 5.75 Å². The first kappa shape index (κ1) is 22.3. The third-order valence-electron chi connectivity index (χ3n) is 7.41. The zero-order valence-corrected chi connectivity index (χ0v) is 20.3. The van der Waals surface area contributed by atoms with Crippen LogP contribution in [-0.4, -0.2) is 24.0 Å². The quantitative estimate of drug-likeness (QED) is 0.478. The first-order valence-electron chi connectivity index (χ1n) is 11.5.